The monoisotopic (exact) mass is 284 g/mol. The van der Waals surface area contributed by atoms with Crippen molar-refractivity contribution >= 4 is 6.09 Å². The van der Waals surface area contributed by atoms with Crippen LogP contribution in [0.3, 0.4) is 0 Å². The van der Waals surface area contributed by atoms with E-state index in [4.69, 9.17) is 4.74 Å². The average Bonchev–Trinajstić information content (AvgIpc) is 2.34. The fourth-order valence-corrected chi connectivity index (χ4v) is 2.81. The van der Waals surface area contributed by atoms with Gasteiger partial charge in [-0.3, -0.25) is 0 Å². The van der Waals surface area contributed by atoms with Gasteiger partial charge in [-0.15, -0.1) is 0 Å². The molecule has 0 aromatic carbocycles. The Morgan fingerprint density at radius 3 is 2.75 bits per heavy atom. The number of amides is 1. The maximum Gasteiger partial charge on any atom is 0.407 e. The first kappa shape index (κ1) is 17.3. The molecule has 0 aromatic heterocycles. The number of nitrogens with one attached hydrogen (secondary N) is 1. The van der Waals surface area contributed by atoms with Crippen LogP contribution in [-0.4, -0.2) is 42.3 Å². The third kappa shape index (κ3) is 7.13. The van der Waals surface area contributed by atoms with E-state index in [2.05, 4.69) is 17.1 Å². The van der Waals surface area contributed by atoms with Crippen LogP contribution < -0.4 is 5.32 Å². The molecule has 1 N–H and O–H groups in total. The molecule has 1 fully saturated rings. The van der Waals surface area contributed by atoms with E-state index in [1.807, 2.05) is 20.8 Å². The number of carbonyl (C=O) groups is 1. The Morgan fingerprint density at radius 1 is 1.35 bits per heavy atom. The maximum absolute atomic E-state index is 11.5. The van der Waals surface area contributed by atoms with Gasteiger partial charge in [0, 0.05) is 12.6 Å². The Morgan fingerprint density at radius 2 is 2.10 bits per heavy atom. The first-order valence-corrected chi connectivity index (χ1v) is 8.13. The molecule has 1 saturated heterocycles. The molecule has 0 radical (unpaired) electrons. The molecule has 1 amide bonds. The number of alkyl carbamates (subject to hydrolysis) is 1. The molecule has 1 heterocycles. The summed E-state index contributed by atoms with van der Waals surface area (Å²) in [5.41, 5.74) is -0.411. The van der Waals surface area contributed by atoms with Crippen LogP contribution in [0, 0.1) is 0 Å². The lowest BCUT2D eigenvalue weighted by atomic mass is 9.98. The van der Waals surface area contributed by atoms with E-state index in [9.17, 15) is 4.79 Å². The molecule has 118 valence electrons. The van der Waals surface area contributed by atoms with E-state index in [-0.39, 0.29) is 6.09 Å². The summed E-state index contributed by atoms with van der Waals surface area (Å²) in [5, 5.41) is 2.85. The number of carbonyl (C=O) groups excluding carboxylic acids is 1. The van der Waals surface area contributed by atoms with Crippen molar-refractivity contribution in [2.24, 2.45) is 0 Å². The number of hydrogen-bond acceptors (Lipinski definition) is 3. The molecule has 0 aromatic rings. The molecule has 1 aliphatic rings. The Kier molecular flexibility index (Phi) is 7.35. The molecule has 0 saturated carbocycles. The lowest BCUT2D eigenvalue weighted by molar-refractivity contribution is 0.0524. The first-order valence-electron chi connectivity index (χ1n) is 8.13. The van der Waals surface area contributed by atoms with Gasteiger partial charge in [0.15, 0.2) is 0 Å². The molecule has 4 heteroatoms. The molecule has 1 unspecified atom stereocenters. The Bertz CT molecular complexity index is 285. The van der Waals surface area contributed by atoms with Crippen molar-refractivity contribution in [1.82, 2.24) is 10.2 Å². The Hall–Kier alpha value is -0.770. The van der Waals surface area contributed by atoms with Crippen LogP contribution in [0.25, 0.3) is 0 Å². The highest BCUT2D eigenvalue weighted by atomic mass is 16.6. The van der Waals surface area contributed by atoms with Gasteiger partial charge < -0.3 is 15.0 Å². The van der Waals surface area contributed by atoms with Crippen LogP contribution in [-0.2, 0) is 4.74 Å². The van der Waals surface area contributed by atoms with Gasteiger partial charge in [-0.25, -0.2) is 4.79 Å². The van der Waals surface area contributed by atoms with Crippen LogP contribution in [0.2, 0.25) is 0 Å². The van der Waals surface area contributed by atoms with Crippen molar-refractivity contribution in [2.75, 3.05) is 19.6 Å². The van der Waals surface area contributed by atoms with Crippen molar-refractivity contribution in [3.05, 3.63) is 0 Å². The minimum atomic E-state index is -0.411. The zero-order valence-electron chi connectivity index (χ0n) is 13.7. The zero-order chi connectivity index (χ0) is 15.0. The van der Waals surface area contributed by atoms with E-state index >= 15 is 0 Å². The van der Waals surface area contributed by atoms with Crippen molar-refractivity contribution < 1.29 is 9.53 Å². The number of rotatable bonds is 6. The standard InChI is InChI=1S/C16H32N2O2/c1-5-12-18-13-7-6-9-14(18)10-8-11-17-15(19)20-16(2,3)4/h14H,5-13H2,1-4H3,(H,17,19). The van der Waals surface area contributed by atoms with Gasteiger partial charge >= 0.3 is 6.09 Å². The summed E-state index contributed by atoms with van der Waals surface area (Å²) in [6.45, 7) is 11.1. The summed E-state index contributed by atoms with van der Waals surface area (Å²) in [4.78, 5) is 14.2. The van der Waals surface area contributed by atoms with Crippen LogP contribution in [0.5, 0.6) is 0 Å². The highest BCUT2D eigenvalue weighted by Gasteiger charge is 2.21. The Labute approximate surface area is 124 Å². The summed E-state index contributed by atoms with van der Waals surface area (Å²) in [6, 6.07) is 0.712. The van der Waals surface area contributed by atoms with Gasteiger partial charge in [-0.2, -0.15) is 0 Å². The molecule has 1 atom stereocenters. The molecule has 4 nitrogen and oxygen atoms in total. The van der Waals surface area contributed by atoms with Gasteiger partial charge in [0.2, 0.25) is 0 Å². The first-order chi connectivity index (χ1) is 9.42. The minimum Gasteiger partial charge on any atom is -0.444 e. The number of nitrogens with zero attached hydrogens (tertiary/aromatic N) is 1. The summed E-state index contributed by atoms with van der Waals surface area (Å²) in [7, 11) is 0. The van der Waals surface area contributed by atoms with Crippen LogP contribution in [0.4, 0.5) is 4.79 Å². The second-order valence-corrected chi connectivity index (χ2v) is 6.76. The maximum atomic E-state index is 11.5. The molecule has 1 rings (SSSR count). The largest absolute Gasteiger partial charge is 0.444 e. The molecule has 0 aliphatic carbocycles. The lowest BCUT2D eigenvalue weighted by Gasteiger charge is -2.35. The SMILES string of the molecule is CCCN1CCCCC1CCCNC(=O)OC(C)(C)C. The summed E-state index contributed by atoms with van der Waals surface area (Å²) < 4.78 is 5.23. The average molecular weight is 284 g/mol. The zero-order valence-corrected chi connectivity index (χ0v) is 13.7. The predicted octanol–water partition coefficient (Wildman–Crippen LogP) is 3.56. The van der Waals surface area contributed by atoms with Crippen molar-refractivity contribution in [3.63, 3.8) is 0 Å². The van der Waals surface area contributed by atoms with Gasteiger partial charge in [0.1, 0.15) is 5.60 Å². The van der Waals surface area contributed by atoms with Gasteiger partial charge in [0.25, 0.3) is 0 Å². The quantitative estimate of drug-likeness (QED) is 0.758. The summed E-state index contributed by atoms with van der Waals surface area (Å²) in [6.07, 6.45) is 7.14. The van der Waals surface area contributed by atoms with Crippen molar-refractivity contribution in [2.45, 2.75) is 77.9 Å². The number of likely N-dealkylation sites (tertiary alicyclic amines) is 1. The topological polar surface area (TPSA) is 41.6 Å². The molecule has 1 aliphatic heterocycles. The summed E-state index contributed by atoms with van der Waals surface area (Å²) in [5.74, 6) is 0. The molecule has 0 bridgehead atoms. The van der Waals surface area contributed by atoms with Crippen molar-refractivity contribution in [1.29, 1.82) is 0 Å². The molecule has 20 heavy (non-hydrogen) atoms. The normalized spacial score (nSPS) is 20.7. The van der Waals surface area contributed by atoms with Crippen LogP contribution in [0.1, 0.15) is 66.2 Å². The smallest absolute Gasteiger partial charge is 0.407 e. The fraction of sp³-hybridized carbons (Fsp3) is 0.938. The van der Waals surface area contributed by atoms with Gasteiger partial charge in [0.05, 0.1) is 0 Å². The molecular weight excluding hydrogens is 252 g/mol. The van der Waals surface area contributed by atoms with E-state index in [1.54, 1.807) is 0 Å². The third-order valence-electron chi connectivity index (χ3n) is 3.64. The second-order valence-electron chi connectivity index (χ2n) is 6.76. The third-order valence-corrected chi connectivity index (χ3v) is 3.64. The second kappa shape index (κ2) is 8.50. The lowest BCUT2D eigenvalue weighted by Crippen LogP contribution is -2.40. The van der Waals surface area contributed by atoms with Gasteiger partial charge in [-0.1, -0.05) is 13.3 Å². The summed E-state index contributed by atoms with van der Waals surface area (Å²) >= 11 is 0. The van der Waals surface area contributed by atoms with E-state index in [0.717, 1.165) is 6.42 Å². The molecule has 0 spiro atoms. The number of hydrogen-bond donors (Lipinski definition) is 1. The highest BCUT2D eigenvalue weighted by Crippen LogP contribution is 2.20. The minimum absolute atomic E-state index is 0.299. The van der Waals surface area contributed by atoms with Crippen LogP contribution in [0.15, 0.2) is 0 Å². The van der Waals surface area contributed by atoms with E-state index in [1.165, 1.54) is 45.2 Å². The number of ether oxygens (including phenoxy) is 1. The molecular formula is C16H32N2O2. The highest BCUT2D eigenvalue weighted by molar-refractivity contribution is 5.67. The van der Waals surface area contributed by atoms with Crippen molar-refractivity contribution in [3.8, 4) is 0 Å². The fourth-order valence-electron chi connectivity index (χ4n) is 2.81. The number of piperidine rings is 1. The predicted molar refractivity (Wildman–Crippen MR) is 83.0 cm³/mol. The van der Waals surface area contributed by atoms with Gasteiger partial charge in [-0.05, 0) is 66.0 Å². The van der Waals surface area contributed by atoms with E-state index < -0.39 is 5.60 Å². The Balaban J connectivity index is 2.17. The van der Waals surface area contributed by atoms with Crippen LogP contribution >= 0.6 is 0 Å². The van der Waals surface area contributed by atoms with E-state index in [0.29, 0.717) is 12.6 Å².